The normalized spacial score (nSPS) is 10.1. The number of hydrogen-bond donors (Lipinski definition) is 2. The lowest BCUT2D eigenvalue weighted by atomic mass is 10.0. The van der Waals surface area contributed by atoms with Crippen LogP contribution in [0.15, 0.2) is 78.9 Å². The second kappa shape index (κ2) is 8.20. The largest absolute Gasteiger partial charge is 0.332 e. The molecule has 0 aromatic heterocycles. The Morgan fingerprint density at radius 1 is 0.852 bits per heavy atom. The van der Waals surface area contributed by atoms with E-state index in [2.05, 4.69) is 10.6 Å². The summed E-state index contributed by atoms with van der Waals surface area (Å²) >= 11 is 5.12. The van der Waals surface area contributed by atoms with Crippen LogP contribution >= 0.6 is 12.2 Å². The molecule has 0 atom stereocenters. The topological polar surface area (TPSA) is 84.3 Å². The third-order valence-electron chi connectivity index (χ3n) is 3.82. The monoisotopic (exact) mass is 377 g/mol. The molecule has 0 radical (unpaired) electrons. The summed E-state index contributed by atoms with van der Waals surface area (Å²) in [5.74, 6) is -0.339. The standard InChI is InChI=1S/C20H15N3O3S/c24-19(16-8-6-15(7-9-16)14-4-2-1-3-5-14)22-20(27)21-17-10-12-18(13-11-17)23(25)26/h1-13H,(H2,21,22,24,27). The van der Waals surface area contributed by atoms with Crippen LogP contribution in [0.4, 0.5) is 11.4 Å². The summed E-state index contributed by atoms with van der Waals surface area (Å²) in [4.78, 5) is 22.5. The molecule has 0 aliphatic heterocycles. The van der Waals surface area contributed by atoms with Crippen molar-refractivity contribution >= 4 is 34.6 Å². The third kappa shape index (κ3) is 4.74. The fourth-order valence-electron chi connectivity index (χ4n) is 2.45. The first kappa shape index (κ1) is 18.2. The molecule has 0 spiro atoms. The molecule has 0 aliphatic rings. The quantitative estimate of drug-likeness (QED) is 0.400. The van der Waals surface area contributed by atoms with Crippen molar-refractivity contribution in [3.8, 4) is 11.1 Å². The van der Waals surface area contributed by atoms with Gasteiger partial charge in [-0.2, -0.15) is 0 Å². The van der Waals surface area contributed by atoms with Gasteiger partial charge >= 0.3 is 0 Å². The number of carbonyl (C=O) groups is 1. The van der Waals surface area contributed by atoms with Gasteiger partial charge < -0.3 is 5.32 Å². The van der Waals surface area contributed by atoms with Crippen molar-refractivity contribution in [1.82, 2.24) is 5.32 Å². The smallest absolute Gasteiger partial charge is 0.269 e. The number of anilines is 1. The van der Waals surface area contributed by atoms with E-state index in [4.69, 9.17) is 12.2 Å². The van der Waals surface area contributed by atoms with Gasteiger partial charge in [0.25, 0.3) is 11.6 Å². The van der Waals surface area contributed by atoms with Gasteiger partial charge in [0.05, 0.1) is 4.92 Å². The van der Waals surface area contributed by atoms with Crippen LogP contribution in [-0.4, -0.2) is 15.9 Å². The molecule has 0 unspecified atom stereocenters. The van der Waals surface area contributed by atoms with Crippen LogP contribution in [-0.2, 0) is 0 Å². The molecule has 0 bridgehead atoms. The molecule has 134 valence electrons. The predicted octanol–water partition coefficient (Wildman–Crippen LogP) is 4.39. The van der Waals surface area contributed by atoms with Crippen LogP contribution in [0.5, 0.6) is 0 Å². The van der Waals surface area contributed by atoms with Crippen LogP contribution in [0.2, 0.25) is 0 Å². The Balaban J connectivity index is 1.61. The maximum absolute atomic E-state index is 12.3. The fourth-order valence-corrected chi connectivity index (χ4v) is 2.66. The lowest BCUT2D eigenvalue weighted by Crippen LogP contribution is -2.34. The van der Waals surface area contributed by atoms with Gasteiger partial charge in [-0.25, -0.2) is 0 Å². The van der Waals surface area contributed by atoms with Crippen molar-refractivity contribution in [2.24, 2.45) is 0 Å². The van der Waals surface area contributed by atoms with Crippen molar-refractivity contribution < 1.29 is 9.72 Å². The van der Waals surface area contributed by atoms with Gasteiger partial charge in [-0.3, -0.25) is 20.2 Å². The Morgan fingerprint density at radius 3 is 2.04 bits per heavy atom. The number of rotatable bonds is 4. The summed E-state index contributed by atoms with van der Waals surface area (Å²) in [6, 6.07) is 22.8. The zero-order valence-corrected chi connectivity index (χ0v) is 14.9. The van der Waals surface area contributed by atoms with Crippen LogP contribution in [0, 0.1) is 10.1 Å². The Kier molecular flexibility index (Phi) is 5.53. The lowest BCUT2D eigenvalue weighted by Gasteiger charge is -2.10. The Morgan fingerprint density at radius 2 is 1.44 bits per heavy atom. The Labute approximate surface area is 161 Å². The number of thiocarbonyl (C=S) groups is 1. The second-order valence-electron chi connectivity index (χ2n) is 5.66. The average Bonchev–Trinajstić information content (AvgIpc) is 2.69. The molecule has 3 aromatic carbocycles. The highest BCUT2D eigenvalue weighted by Gasteiger charge is 2.09. The number of nitro groups is 1. The van der Waals surface area contributed by atoms with E-state index in [-0.39, 0.29) is 16.7 Å². The van der Waals surface area contributed by atoms with E-state index in [0.29, 0.717) is 11.3 Å². The number of carbonyl (C=O) groups excluding carboxylic acids is 1. The van der Waals surface area contributed by atoms with Gasteiger partial charge in [0.1, 0.15) is 0 Å². The summed E-state index contributed by atoms with van der Waals surface area (Å²) in [6.45, 7) is 0. The Bertz CT molecular complexity index is 972. The maximum atomic E-state index is 12.3. The SMILES string of the molecule is O=C(NC(=S)Nc1ccc([N+](=O)[O-])cc1)c1ccc(-c2ccccc2)cc1. The van der Waals surface area contributed by atoms with Crippen molar-refractivity contribution in [2.75, 3.05) is 5.32 Å². The minimum Gasteiger partial charge on any atom is -0.332 e. The molecule has 0 heterocycles. The van der Waals surface area contributed by atoms with Gasteiger partial charge in [-0.05, 0) is 47.6 Å². The molecule has 3 rings (SSSR count). The molecular weight excluding hydrogens is 362 g/mol. The van der Waals surface area contributed by atoms with Gasteiger partial charge in [0.15, 0.2) is 5.11 Å². The summed E-state index contributed by atoms with van der Waals surface area (Å²) < 4.78 is 0. The number of amides is 1. The van der Waals surface area contributed by atoms with Gasteiger partial charge in [-0.15, -0.1) is 0 Å². The van der Waals surface area contributed by atoms with Crippen molar-refractivity contribution in [3.05, 3.63) is 94.5 Å². The van der Waals surface area contributed by atoms with Crippen molar-refractivity contribution in [2.45, 2.75) is 0 Å². The molecule has 0 fully saturated rings. The number of nitrogens with zero attached hydrogens (tertiary/aromatic N) is 1. The number of non-ortho nitro benzene ring substituents is 1. The first-order valence-electron chi connectivity index (χ1n) is 8.05. The third-order valence-corrected chi connectivity index (χ3v) is 4.02. The Hall–Kier alpha value is -3.58. The van der Waals surface area contributed by atoms with E-state index < -0.39 is 4.92 Å². The van der Waals surface area contributed by atoms with E-state index in [1.807, 2.05) is 42.5 Å². The second-order valence-corrected chi connectivity index (χ2v) is 6.06. The highest BCUT2D eigenvalue weighted by atomic mass is 32.1. The van der Waals surface area contributed by atoms with Crippen LogP contribution < -0.4 is 10.6 Å². The minimum atomic E-state index is -0.483. The molecule has 0 saturated heterocycles. The van der Waals surface area contributed by atoms with Gasteiger partial charge in [-0.1, -0.05) is 42.5 Å². The molecule has 27 heavy (non-hydrogen) atoms. The van der Waals surface area contributed by atoms with Crippen molar-refractivity contribution in [3.63, 3.8) is 0 Å². The number of hydrogen-bond acceptors (Lipinski definition) is 4. The first-order valence-corrected chi connectivity index (χ1v) is 8.46. The lowest BCUT2D eigenvalue weighted by molar-refractivity contribution is -0.384. The zero-order chi connectivity index (χ0) is 19.2. The van der Waals surface area contributed by atoms with E-state index in [1.165, 1.54) is 24.3 Å². The molecule has 7 heteroatoms. The first-order chi connectivity index (χ1) is 13.0. The van der Waals surface area contributed by atoms with Crippen LogP contribution in [0.1, 0.15) is 10.4 Å². The van der Waals surface area contributed by atoms with Crippen molar-refractivity contribution in [1.29, 1.82) is 0 Å². The minimum absolute atomic E-state index is 0.0194. The van der Waals surface area contributed by atoms with E-state index >= 15 is 0 Å². The highest BCUT2D eigenvalue weighted by molar-refractivity contribution is 7.80. The summed E-state index contributed by atoms with van der Waals surface area (Å²) in [5.41, 5.74) is 3.08. The average molecular weight is 377 g/mol. The maximum Gasteiger partial charge on any atom is 0.269 e. The van der Waals surface area contributed by atoms with Gasteiger partial charge in [0, 0.05) is 23.4 Å². The molecular formula is C20H15N3O3S. The summed E-state index contributed by atoms with van der Waals surface area (Å²) in [6.07, 6.45) is 0. The highest BCUT2D eigenvalue weighted by Crippen LogP contribution is 2.19. The number of nitrogens with one attached hydrogen (secondary N) is 2. The van der Waals surface area contributed by atoms with Crippen LogP contribution in [0.3, 0.4) is 0 Å². The molecule has 0 saturated carbocycles. The van der Waals surface area contributed by atoms with E-state index in [9.17, 15) is 14.9 Å². The van der Waals surface area contributed by atoms with Gasteiger partial charge in [0.2, 0.25) is 0 Å². The molecule has 2 N–H and O–H groups in total. The molecule has 6 nitrogen and oxygen atoms in total. The van der Waals surface area contributed by atoms with E-state index in [1.54, 1.807) is 12.1 Å². The molecule has 1 amide bonds. The molecule has 0 aliphatic carbocycles. The number of benzene rings is 3. The van der Waals surface area contributed by atoms with Crippen LogP contribution in [0.25, 0.3) is 11.1 Å². The zero-order valence-electron chi connectivity index (χ0n) is 14.1. The fraction of sp³-hybridized carbons (Fsp3) is 0. The molecule has 3 aromatic rings. The van der Waals surface area contributed by atoms with E-state index in [0.717, 1.165) is 11.1 Å². The summed E-state index contributed by atoms with van der Waals surface area (Å²) in [5, 5.41) is 16.2. The predicted molar refractivity (Wildman–Crippen MR) is 109 cm³/mol. The number of nitro benzene ring substituents is 1. The summed E-state index contributed by atoms with van der Waals surface area (Å²) in [7, 11) is 0.